The van der Waals surface area contributed by atoms with Gasteiger partial charge in [0.05, 0.1) is 0 Å². The molecule has 0 aliphatic heterocycles. The van der Waals surface area contributed by atoms with Crippen LogP contribution in [0, 0.1) is 20.8 Å². The van der Waals surface area contributed by atoms with Gasteiger partial charge in [-0.05, 0) is 78.6 Å². The van der Waals surface area contributed by atoms with Crippen molar-refractivity contribution < 1.29 is 4.79 Å². The molecule has 0 atom stereocenters. The van der Waals surface area contributed by atoms with E-state index in [-0.39, 0.29) is 0 Å². The Balaban J connectivity index is 0.000000162. The summed E-state index contributed by atoms with van der Waals surface area (Å²) in [5.41, 5.74) is 20.6. The molecule has 0 aliphatic carbocycles. The first-order valence-corrected chi connectivity index (χ1v) is 8.84. The van der Waals surface area contributed by atoms with Crippen LogP contribution in [0.15, 0.2) is 48.8 Å². The molecule has 4 rings (SSSR count). The summed E-state index contributed by atoms with van der Waals surface area (Å²) in [5.74, 6) is 0.650. The minimum Gasteiger partial charge on any atom is -0.383 e. The Bertz CT molecular complexity index is 1200. The molecular weight excluding hydrogens is 350 g/mol. The molecule has 2 aromatic carbocycles. The highest BCUT2D eigenvalue weighted by Gasteiger charge is 2.08. The monoisotopic (exact) mass is 373 g/mol. The molecule has 0 bridgehead atoms. The second-order valence-electron chi connectivity index (χ2n) is 6.80. The molecule has 28 heavy (non-hydrogen) atoms. The van der Waals surface area contributed by atoms with Crippen LogP contribution in [0.5, 0.6) is 0 Å². The van der Waals surface area contributed by atoms with Crippen LogP contribution in [-0.4, -0.2) is 15.9 Å². The highest BCUT2D eigenvalue weighted by atomic mass is 16.1. The third-order valence-corrected chi connectivity index (χ3v) is 4.82. The van der Waals surface area contributed by atoms with E-state index in [0.717, 1.165) is 27.1 Å². The van der Waals surface area contributed by atoms with E-state index in [2.05, 4.69) is 35.9 Å². The number of rotatable bonds is 1. The van der Waals surface area contributed by atoms with Crippen LogP contribution < -0.4 is 17.2 Å². The van der Waals surface area contributed by atoms with Gasteiger partial charge in [-0.2, -0.15) is 0 Å². The molecule has 6 N–H and O–H groups in total. The minimum atomic E-state index is -0.426. The average Bonchev–Trinajstić information content (AvgIpc) is 2.64. The predicted molar refractivity (Wildman–Crippen MR) is 115 cm³/mol. The Morgan fingerprint density at radius 3 is 1.75 bits per heavy atom. The first-order chi connectivity index (χ1) is 13.3. The van der Waals surface area contributed by atoms with Crippen LogP contribution >= 0.6 is 0 Å². The lowest BCUT2D eigenvalue weighted by Crippen LogP contribution is -2.12. The summed E-state index contributed by atoms with van der Waals surface area (Å²) < 4.78 is 0. The van der Waals surface area contributed by atoms with Crippen LogP contribution in [0.4, 0.5) is 11.6 Å². The molecule has 0 aliphatic rings. The van der Waals surface area contributed by atoms with Gasteiger partial charge in [0.1, 0.15) is 11.6 Å². The number of aryl methyl sites for hydroxylation is 3. The second-order valence-corrected chi connectivity index (χ2v) is 6.80. The van der Waals surface area contributed by atoms with Crippen molar-refractivity contribution in [3.8, 4) is 0 Å². The van der Waals surface area contributed by atoms with E-state index < -0.39 is 5.91 Å². The SMILES string of the molecule is Cc1cc2c(N)nccc2cc1C(N)=O.Cc1cc2ccnc(N)c2cc1C. The minimum absolute atomic E-state index is 0.426. The number of pyridine rings is 2. The van der Waals surface area contributed by atoms with E-state index in [0.29, 0.717) is 17.2 Å². The zero-order chi connectivity index (χ0) is 20.4. The van der Waals surface area contributed by atoms with Gasteiger partial charge < -0.3 is 17.2 Å². The lowest BCUT2D eigenvalue weighted by atomic mass is 10.0. The maximum absolute atomic E-state index is 11.1. The van der Waals surface area contributed by atoms with E-state index >= 15 is 0 Å². The highest BCUT2D eigenvalue weighted by Crippen LogP contribution is 2.23. The number of nitrogens with zero attached hydrogens (tertiary/aromatic N) is 2. The van der Waals surface area contributed by atoms with E-state index in [1.54, 1.807) is 24.5 Å². The molecule has 142 valence electrons. The molecule has 4 aromatic rings. The van der Waals surface area contributed by atoms with Gasteiger partial charge in [0.25, 0.3) is 0 Å². The summed E-state index contributed by atoms with van der Waals surface area (Å²) >= 11 is 0. The molecule has 2 aromatic heterocycles. The van der Waals surface area contributed by atoms with E-state index in [9.17, 15) is 4.79 Å². The van der Waals surface area contributed by atoms with Gasteiger partial charge in [-0.3, -0.25) is 4.79 Å². The lowest BCUT2D eigenvalue weighted by molar-refractivity contribution is 0.1000. The summed E-state index contributed by atoms with van der Waals surface area (Å²) in [5, 5.41) is 3.93. The quantitative estimate of drug-likeness (QED) is 0.470. The Morgan fingerprint density at radius 2 is 1.21 bits per heavy atom. The van der Waals surface area contributed by atoms with Crippen molar-refractivity contribution in [3.05, 3.63) is 71.0 Å². The topological polar surface area (TPSA) is 121 Å². The standard InChI is InChI=1S/C11H11N3O.C11H12N2/c1-6-4-9-7(2-3-14-10(9)12)5-8(6)11(13)15;1-7-5-9-3-4-13-11(12)10(9)6-8(7)2/h2-5H,1H3,(H2,12,14)(H2,13,15);3-6H,1-2H3,(H2,12,13). The number of fused-ring (bicyclic) bond motifs is 2. The van der Waals surface area contributed by atoms with Crippen molar-refractivity contribution in [3.63, 3.8) is 0 Å². The fraction of sp³-hybridized carbons (Fsp3) is 0.136. The summed E-state index contributed by atoms with van der Waals surface area (Å²) in [4.78, 5) is 19.2. The fourth-order valence-electron chi connectivity index (χ4n) is 3.08. The fourth-order valence-corrected chi connectivity index (χ4v) is 3.08. The van der Waals surface area contributed by atoms with Crippen molar-refractivity contribution in [1.82, 2.24) is 9.97 Å². The summed E-state index contributed by atoms with van der Waals surface area (Å²) in [7, 11) is 0. The summed E-state index contributed by atoms with van der Waals surface area (Å²) in [6.45, 7) is 6.01. The first kappa shape index (κ1) is 19.1. The molecule has 1 amide bonds. The van der Waals surface area contributed by atoms with E-state index in [1.807, 2.05) is 19.1 Å². The Hall–Kier alpha value is -3.67. The van der Waals surface area contributed by atoms with Gasteiger partial charge in [-0.25, -0.2) is 9.97 Å². The number of primary amides is 1. The number of carbonyl (C=O) groups excluding carboxylic acids is 1. The van der Waals surface area contributed by atoms with Gasteiger partial charge in [0.15, 0.2) is 0 Å². The van der Waals surface area contributed by atoms with Gasteiger partial charge >= 0.3 is 0 Å². The number of nitrogen functional groups attached to an aromatic ring is 2. The highest BCUT2D eigenvalue weighted by molar-refractivity contribution is 6.01. The van der Waals surface area contributed by atoms with E-state index in [1.165, 1.54) is 11.1 Å². The molecule has 0 saturated carbocycles. The van der Waals surface area contributed by atoms with Crippen LogP contribution in [0.1, 0.15) is 27.0 Å². The largest absolute Gasteiger partial charge is 0.383 e. The van der Waals surface area contributed by atoms with Crippen molar-refractivity contribution >= 4 is 39.1 Å². The number of anilines is 2. The van der Waals surface area contributed by atoms with Crippen LogP contribution in [0.2, 0.25) is 0 Å². The van der Waals surface area contributed by atoms with Gasteiger partial charge in [-0.1, -0.05) is 6.07 Å². The van der Waals surface area contributed by atoms with Crippen molar-refractivity contribution in [1.29, 1.82) is 0 Å². The molecule has 0 fully saturated rings. The smallest absolute Gasteiger partial charge is 0.248 e. The number of hydrogen-bond acceptors (Lipinski definition) is 5. The van der Waals surface area contributed by atoms with Crippen LogP contribution in [-0.2, 0) is 0 Å². The average molecular weight is 373 g/mol. The van der Waals surface area contributed by atoms with Crippen molar-refractivity contribution in [2.75, 3.05) is 11.5 Å². The number of benzene rings is 2. The third-order valence-electron chi connectivity index (χ3n) is 4.82. The van der Waals surface area contributed by atoms with Crippen LogP contribution in [0.25, 0.3) is 21.5 Å². The Morgan fingerprint density at radius 1 is 0.750 bits per heavy atom. The lowest BCUT2D eigenvalue weighted by Gasteiger charge is -2.06. The van der Waals surface area contributed by atoms with Crippen molar-refractivity contribution in [2.24, 2.45) is 5.73 Å². The summed E-state index contributed by atoms with van der Waals surface area (Å²) in [6, 6.07) is 11.6. The second kappa shape index (κ2) is 7.52. The van der Waals surface area contributed by atoms with Gasteiger partial charge in [0.2, 0.25) is 5.91 Å². The molecule has 0 spiro atoms. The molecule has 6 heteroatoms. The normalized spacial score (nSPS) is 10.5. The number of hydrogen-bond donors (Lipinski definition) is 3. The number of aromatic nitrogens is 2. The van der Waals surface area contributed by atoms with Crippen LogP contribution in [0.3, 0.4) is 0 Å². The summed E-state index contributed by atoms with van der Waals surface area (Å²) in [6.07, 6.45) is 3.35. The molecule has 6 nitrogen and oxygen atoms in total. The zero-order valence-corrected chi connectivity index (χ0v) is 16.2. The molecular formula is C22H23N5O. The van der Waals surface area contributed by atoms with Crippen molar-refractivity contribution in [2.45, 2.75) is 20.8 Å². The molecule has 0 radical (unpaired) electrons. The third kappa shape index (κ3) is 3.71. The maximum Gasteiger partial charge on any atom is 0.248 e. The zero-order valence-electron chi connectivity index (χ0n) is 16.2. The van der Waals surface area contributed by atoms with E-state index in [4.69, 9.17) is 17.2 Å². The molecule has 0 saturated heterocycles. The first-order valence-electron chi connectivity index (χ1n) is 8.84. The number of carbonyl (C=O) groups is 1. The molecule has 2 heterocycles. The Labute approximate surface area is 163 Å². The van der Waals surface area contributed by atoms with Gasteiger partial charge in [-0.15, -0.1) is 0 Å². The number of nitrogens with two attached hydrogens (primary N) is 3. The van der Waals surface area contributed by atoms with Gasteiger partial charge in [0, 0.05) is 28.7 Å². The Kier molecular flexibility index (Phi) is 5.13. The maximum atomic E-state index is 11.1. The predicted octanol–water partition coefficient (Wildman–Crippen LogP) is 3.66. The number of amides is 1. The molecule has 0 unspecified atom stereocenters.